The minimum absolute atomic E-state index is 0.0840. The first-order valence-electron chi connectivity index (χ1n) is 35.2. The maximum atomic E-state index is 13.0. The normalized spacial score (nSPS) is 14.4. The molecule has 0 amide bonds. The average Bonchev–Trinajstić information content (AvgIpc) is 3.58. The number of phosphoric acid groups is 2. The zero-order chi connectivity index (χ0) is 65.2. The number of carbonyl (C=O) groups is 4. The number of aliphatic hydroxyl groups excluding tert-OH is 1. The van der Waals surface area contributed by atoms with Crippen LogP contribution in [-0.4, -0.2) is 96.7 Å². The zero-order valence-corrected chi connectivity index (χ0v) is 58.5. The zero-order valence-electron chi connectivity index (χ0n) is 56.7. The van der Waals surface area contributed by atoms with Crippen molar-refractivity contribution in [1.29, 1.82) is 0 Å². The van der Waals surface area contributed by atoms with Gasteiger partial charge in [0.15, 0.2) is 12.2 Å². The van der Waals surface area contributed by atoms with E-state index < -0.39 is 97.5 Å². The molecule has 518 valence electrons. The van der Waals surface area contributed by atoms with Crippen molar-refractivity contribution in [2.45, 2.75) is 336 Å². The standard InChI is InChI=1S/C69H130O17P2/c1-8-9-10-11-12-13-14-15-16-17-18-21-30-38-45-52-68(73)85-64(56-79-66(71)50-43-36-29-22-19-20-26-33-40-47-60(2)3)58-83-87(75,76)81-54-63(70)55-82-88(77,78)84-59-65(57-80-67(72)51-44-37-32-25-28-35-42-49-62(6)7)86-69(74)53-46-39-31-24-23-27-34-41-48-61(4)5/h13-16,60-65,70H,8-12,17-59H2,1-7H3,(H,75,76)(H,77,78)/b14-13-,16-15-/t63?,64-,65-/m1/s1. The molecule has 3 N–H and O–H groups in total. The van der Waals surface area contributed by atoms with Crippen molar-refractivity contribution in [3.63, 3.8) is 0 Å². The molecule has 0 rings (SSSR count). The maximum absolute atomic E-state index is 13.0. The Labute approximate surface area is 535 Å². The molecule has 0 saturated carbocycles. The quantitative estimate of drug-likeness (QED) is 0.0169. The van der Waals surface area contributed by atoms with Crippen molar-refractivity contribution in [2.24, 2.45) is 17.8 Å². The van der Waals surface area contributed by atoms with E-state index in [-0.39, 0.29) is 25.7 Å². The van der Waals surface area contributed by atoms with Crippen LogP contribution in [0.1, 0.15) is 318 Å². The summed E-state index contributed by atoms with van der Waals surface area (Å²) in [5.74, 6) is -0.000534. The molecule has 17 nitrogen and oxygen atoms in total. The van der Waals surface area contributed by atoms with E-state index in [0.717, 1.165) is 115 Å². The molecule has 19 heteroatoms. The van der Waals surface area contributed by atoms with Crippen LogP contribution in [0.2, 0.25) is 0 Å². The molecule has 0 fully saturated rings. The fourth-order valence-electron chi connectivity index (χ4n) is 9.82. The molecule has 0 spiro atoms. The lowest BCUT2D eigenvalue weighted by atomic mass is 10.0. The van der Waals surface area contributed by atoms with Gasteiger partial charge >= 0.3 is 39.5 Å². The molecule has 5 atom stereocenters. The van der Waals surface area contributed by atoms with Gasteiger partial charge in [0, 0.05) is 25.7 Å². The first kappa shape index (κ1) is 85.5. The van der Waals surface area contributed by atoms with E-state index in [2.05, 4.69) is 72.8 Å². The largest absolute Gasteiger partial charge is 0.472 e. The van der Waals surface area contributed by atoms with Gasteiger partial charge in [0.1, 0.15) is 19.3 Å². The Hall–Kier alpha value is -2.46. The average molecular weight is 1290 g/mol. The molecule has 0 radical (unpaired) electrons. The van der Waals surface area contributed by atoms with Gasteiger partial charge in [-0.05, 0) is 69.1 Å². The van der Waals surface area contributed by atoms with Gasteiger partial charge in [-0.2, -0.15) is 0 Å². The topological polar surface area (TPSA) is 237 Å². The third-order valence-corrected chi connectivity index (χ3v) is 17.2. The number of unbranched alkanes of at least 4 members (excludes halogenated alkanes) is 30. The Morgan fingerprint density at radius 2 is 0.614 bits per heavy atom. The van der Waals surface area contributed by atoms with E-state index in [9.17, 15) is 43.2 Å². The van der Waals surface area contributed by atoms with Gasteiger partial charge in [-0.15, -0.1) is 0 Å². The Bertz CT molecular complexity index is 1830. The van der Waals surface area contributed by atoms with Gasteiger partial charge in [0.25, 0.3) is 0 Å². The first-order chi connectivity index (χ1) is 42.2. The van der Waals surface area contributed by atoms with Crippen LogP contribution in [-0.2, 0) is 65.4 Å². The molecule has 0 aromatic carbocycles. The monoisotopic (exact) mass is 1290 g/mol. The number of hydrogen-bond donors (Lipinski definition) is 3. The summed E-state index contributed by atoms with van der Waals surface area (Å²) in [6, 6.07) is 0. The van der Waals surface area contributed by atoms with Crippen molar-refractivity contribution >= 4 is 39.5 Å². The molecule has 3 unspecified atom stereocenters. The van der Waals surface area contributed by atoms with Crippen molar-refractivity contribution in [1.82, 2.24) is 0 Å². The highest BCUT2D eigenvalue weighted by atomic mass is 31.2. The number of hydrogen-bond acceptors (Lipinski definition) is 15. The summed E-state index contributed by atoms with van der Waals surface area (Å²) >= 11 is 0. The van der Waals surface area contributed by atoms with E-state index in [4.69, 9.17) is 37.0 Å². The molecule has 0 saturated heterocycles. The number of rotatable bonds is 65. The summed E-state index contributed by atoms with van der Waals surface area (Å²) in [6.45, 7) is 11.6. The third kappa shape index (κ3) is 62.4. The predicted octanol–water partition coefficient (Wildman–Crippen LogP) is 19.0. The van der Waals surface area contributed by atoms with Crippen molar-refractivity contribution in [3.05, 3.63) is 24.3 Å². The molecule has 0 aliphatic heterocycles. The Morgan fingerprint density at radius 1 is 0.352 bits per heavy atom. The smallest absolute Gasteiger partial charge is 0.462 e. The molecule has 0 aliphatic carbocycles. The summed E-state index contributed by atoms with van der Waals surface area (Å²) in [6.07, 6.45) is 45.4. The molecule has 0 bridgehead atoms. The third-order valence-electron chi connectivity index (χ3n) is 15.3. The summed E-state index contributed by atoms with van der Waals surface area (Å²) in [5.41, 5.74) is 0. The van der Waals surface area contributed by atoms with Crippen LogP contribution in [0.25, 0.3) is 0 Å². The fourth-order valence-corrected chi connectivity index (χ4v) is 11.4. The number of allylic oxidation sites excluding steroid dienone is 4. The van der Waals surface area contributed by atoms with Gasteiger partial charge in [0.05, 0.1) is 26.4 Å². The summed E-state index contributed by atoms with van der Waals surface area (Å²) in [4.78, 5) is 72.4. The van der Waals surface area contributed by atoms with E-state index in [1.54, 1.807) is 0 Å². The van der Waals surface area contributed by atoms with Crippen LogP contribution in [0.15, 0.2) is 24.3 Å². The molecule has 0 aliphatic rings. The highest BCUT2D eigenvalue weighted by Crippen LogP contribution is 2.45. The molecule has 0 aromatic rings. The fraction of sp³-hybridized carbons (Fsp3) is 0.884. The first-order valence-corrected chi connectivity index (χ1v) is 38.2. The SMILES string of the molecule is CCCCCC/C=C\C=C/CCCCCCCC(=O)O[C@H](COC(=O)CCCCCCCCCCCC(C)C)COP(=O)(O)OCC(O)COP(=O)(O)OC[C@@H](COC(=O)CCCCCCCCCC(C)C)OC(=O)CCCCCCCCCCC(C)C. The van der Waals surface area contributed by atoms with Crippen LogP contribution < -0.4 is 0 Å². The molecular weight excluding hydrogens is 1160 g/mol. The highest BCUT2D eigenvalue weighted by Gasteiger charge is 2.30. The maximum Gasteiger partial charge on any atom is 0.472 e. The number of esters is 4. The van der Waals surface area contributed by atoms with E-state index in [1.165, 1.54) is 109 Å². The lowest BCUT2D eigenvalue weighted by Crippen LogP contribution is -2.30. The number of ether oxygens (including phenoxy) is 4. The Balaban J connectivity index is 5.29. The van der Waals surface area contributed by atoms with Crippen LogP contribution >= 0.6 is 15.6 Å². The van der Waals surface area contributed by atoms with Gasteiger partial charge in [-0.3, -0.25) is 37.3 Å². The predicted molar refractivity (Wildman–Crippen MR) is 354 cm³/mol. The van der Waals surface area contributed by atoms with Crippen LogP contribution in [0, 0.1) is 17.8 Å². The molecule has 0 heterocycles. The summed E-state index contributed by atoms with van der Waals surface area (Å²) in [5, 5.41) is 10.6. The Morgan fingerprint density at radius 3 is 0.920 bits per heavy atom. The van der Waals surface area contributed by atoms with Crippen LogP contribution in [0.4, 0.5) is 0 Å². The number of carbonyl (C=O) groups excluding carboxylic acids is 4. The second kappa shape index (κ2) is 59.5. The number of phosphoric ester groups is 2. The summed E-state index contributed by atoms with van der Waals surface area (Å²) < 4.78 is 68.2. The Kier molecular flexibility index (Phi) is 57.9. The molecule has 88 heavy (non-hydrogen) atoms. The lowest BCUT2D eigenvalue weighted by Gasteiger charge is -2.21. The number of aliphatic hydroxyl groups is 1. The van der Waals surface area contributed by atoms with Crippen LogP contribution in [0.5, 0.6) is 0 Å². The van der Waals surface area contributed by atoms with Crippen molar-refractivity contribution in [2.75, 3.05) is 39.6 Å². The molecular formula is C69H130O17P2. The molecule has 0 aromatic heterocycles. The second-order valence-electron chi connectivity index (χ2n) is 25.7. The van der Waals surface area contributed by atoms with Crippen molar-refractivity contribution in [3.8, 4) is 0 Å². The van der Waals surface area contributed by atoms with Crippen molar-refractivity contribution < 1.29 is 80.2 Å². The van der Waals surface area contributed by atoms with E-state index >= 15 is 0 Å². The van der Waals surface area contributed by atoms with E-state index in [1.807, 2.05) is 0 Å². The second-order valence-corrected chi connectivity index (χ2v) is 28.6. The minimum Gasteiger partial charge on any atom is -0.462 e. The highest BCUT2D eigenvalue weighted by molar-refractivity contribution is 7.47. The van der Waals surface area contributed by atoms with Gasteiger partial charge in [0.2, 0.25) is 0 Å². The van der Waals surface area contributed by atoms with Gasteiger partial charge in [-0.25, -0.2) is 9.13 Å². The van der Waals surface area contributed by atoms with Gasteiger partial charge < -0.3 is 33.8 Å². The summed E-state index contributed by atoms with van der Waals surface area (Å²) in [7, 11) is -9.91. The lowest BCUT2D eigenvalue weighted by molar-refractivity contribution is -0.161. The van der Waals surface area contributed by atoms with E-state index in [0.29, 0.717) is 37.5 Å². The van der Waals surface area contributed by atoms with Crippen LogP contribution in [0.3, 0.4) is 0 Å². The minimum atomic E-state index is -4.96. The van der Waals surface area contributed by atoms with Gasteiger partial charge in [-0.1, -0.05) is 265 Å².